The first-order chi connectivity index (χ1) is 5.65. The van der Waals surface area contributed by atoms with Gasteiger partial charge in [-0.25, -0.2) is 0 Å². The molecule has 2 rings (SSSR count). The van der Waals surface area contributed by atoms with E-state index in [4.69, 9.17) is 0 Å². The van der Waals surface area contributed by atoms with Gasteiger partial charge in [-0.1, -0.05) is 11.6 Å². The fourth-order valence-electron chi connectivity index (χ4n) is 2.70. The molecule has 2 unspecified atom stereocenters. The van der Waals surface area contributed by atoms with E-state index in [1.54, 1.807) is 6.92 Å². The van der Waals surface area contributed by atoms with Gasteiger partial charge < -0.3 is 0 Å². The largest absolute Gasteiger partial charge is 0.299 e. The summed E-state index contributed by atoms with van der Waals surface area (Å²) in [6.45, 7) is 3.95. The summed E-state index contributed by atoms with van der Waals surface area (Å²) in [5.41, 5.74) is 1.57. The van der Waals surface area contributed by atoms with Crippen molar-refractivity contribution in [2.24, 2.45) is 11.3 Å². The number of ketones is 1. The molecule has 0 radical (unpaired) electrons. The Labute approximate surface area is 73.8 Å². The highest BCUT2D eigenvalue weighted by Crippen LogP contribution is 2.55. The number of allylic oxidation sites excluding steroid dienone is 2. The van der Waals surface area contributed by atoms with Crippen LogP contribution in [0.15, 0.2) is 11.6 Å². The van der Waals surface area contributed by atoms with Crippen LogP contribution in [0, 0.1) is 11.3 Å². The van der Waals surface area contributed by atoms with Gasteiger partial charge in [0.2, 0.25) is 0 Å². The van der Waals surface area contributed by atoms with Crippen molar-refractivity contribution in [2.45, 2.75) is 39.5 Å². The minimum absolute atomic E-state index is 0.0828. The number of carbonyl (C=O) groups is 1. The first-order valence-corrected chi connectivity index (χ1v) is 4.82. The lowest BCUT2D eigenvalue weighted by Gasteiger charge is -2.50. The Kier molecular flexibility index (Phi) is 1.64. The van der Waals surface area contributed by atoms with Crippen LogP contribution in [-0.2, 0) is 4.79 Å². The van der Waals surface area contributed by atoms with Crippen molar-refractivity contribution in [3.63, 3.8) is 0 Å². The molecule has 0 amide bonds. The van der Waals surface area contributed by atoms with Gasteiger partial charge in [0.1, 0.15) is 5.78 Å². The normalized spacial score (nSPS) is 39.5. The van der Waals surface area contributed by atoms with E-state index in [0.29, 0.717) is 11.7 Å². The second kappa shape index (κ2) is 2.45. The molecule has 2 aliphatic carbocycles. The summed E-state index contributed by atoms with van der Waals surface area (Å²) in [7, 11) is 0. The van der Waals surface area contributed by atoms with E-state index in [2.05, 4.69) is 13.0 Å². The predicted octanol–water partition coefficient (Wildman–Crippen LogP) is 2.71. The summed E-state index contributed by atoms with van der Waals surface area (Å²) >= 11 is 0. The first-order valence-electron chi connectivity index (χ1n) is 4.82. The Hall–Kier alpha value is -0.590. The average Bonchev–Trinajstić information content (AvgIpc) is 1.96. The number of Topliss-reactive ketones (excluding diaryl/α,β-unsaturated/α-hetero) is 1. The van der Waals surface area contributed by atoms with Crippen LogP contribution in [0.2, 0.25) is 0 Å². The van der Waals surface area contributed by atoms with Gasteiger partial charge >= 0.3 is 0 Å². The molecule has 0 saturated heterocycles. The van der Waals surface area contributed by atoms with Crippen LogP contribution in [-0.4, -0.2) is 5.78 Å². The summed E-state index contributed by atoms with van der Waals surface area (Å²) < 4.78 is 0. The maximum Gasteiger partial charge on any atom is 0.136 e. The molecule has 0 bridgehead atoms. The Balaban J connectivity index is 2.24. The molecule has 1 nitrogen and oxygen atoms in total. The second-order valence-electron chi connectivity index (χ2n) is 4.41. The van der Waals surface area contributed by atoms with Crippen molar-refractivity contribution < 1.29 is 4.79 Å². The predicted molar refractivity (Wildman–Crippen MR) is 48.8 cm³/mol. The number of fused-ring (bicyclic) bond motifs is 1. The lowest BCUT2D eigenvalue weighted by Crippen LogP contribution is -2.47. The van der Waals surface area contributed by atoms with Crippen molar-refractivity contribution in [1.82, 2.24) is 0 Å². The van der Waals surface area contributed by atoms with Crippen molar-refractivity contribution in [3.8, 4) is 0 Å². The van der Waals surface area contributed by atoms with Gasteiger partial charge in [-0.3, -0.25) is 4.79 Å². The number of rotatable bonds is 1. The molecule has 1 saturated carbocycles. The number of carbonyl (C=O) groups excluding carboxylic acids is 1. The van der Waals surface area contributed by atoms with Crippen LogP contribution < -0.4 is 0 Å². The lowest BCUT2D eigenvalue weighted by molar-refractivity contribution is -0.137. The maximum atomic E-state index is 11.5. The van der Waals surface area contributed by atoms with E-state index in [9.17, 15) is 4.79 Å². The molecule has 1 fully saturated rings. The van der Waals surface area contributed by atoms with Gasteiger partial charge in [0.25, 0.3) is 0 Å². The van der Waals surface area contributed by atoms with E-state index in [1.165, 1.54) is 18.4 Å². The van der Waals surface area contributed by atoms with Crippen molar-refractivity contribution in [1.29, 1.82) is 0 Å². The molecule has 12 heavy (non-hydrogen) atoms. The van der Waals surface area contributed by atoms with Crippen LogP contribution in [0.4, 0.5) is 0 Å². The van der Waals surface area contributed by atoms with E-state index in [0.717, 1.165) is 12.8 Å². The molecule has 1 heteroatoms. The van der Waals surface area contributed by atoms with Crippen LogP contribution >= 0.6 is 0 Å². The fraction of sp³-hybridized carbons (Fsp3) is 0.727. The molecule has 0 aliphatic heterocycles. The number of hydrogen-bond acceptors (Lipinski definition) is 1. The average molecular weight is 164 g/mol. The third-order valence-electron chi connectivity index (χ3n) is 3.80. The number of hydrogen-bond donors (Lipinski definition) is 0. The zero-order valence-electron chi connectivity index (χ0n) is 7.89. The van der Waals surface area contributed by atoms with Crippen molar-refractivity contribution >= 4 is 5.78 Å². The van der Waals surface area contributed by atoms with Crippen molar-refractivity contribution in [2.75, 3.05) is 0 Å². The molecule has 0 N–H and O–H groups in total. The van der Waals surface area contributed by atoms with Crippen LogP contribution in [0.25, 0.3) is 0 Å². The van der Waals surface area contributed by atoms with Gasteiger partial charge in [0.05, 0.1) is 0 Å². The molecule has 0 aromatic rings. The van der Waals surface area contributed by atoms with E-state index in [1.807, 2.05) is 0 Å². The zero-order chi connectivity index (χ0) is 8.77. The summed E-state index contributed by atoms with van der Waals surface area (Å²) in [5.74, 6) is 1.10. The molecule has 0 aromatic heterocycles. The quantitative estimate of drug-likeness (QED) is 0.544. The van der Waals surface area contributed by atoms with Crippen LogP contribution in [0.3, 0.4) is 0 Å². The van der Waals surface area contributed by atoms with Gasteiger partial charge in [0.15, 0.2) is 0 Å². The topological polar surface area (TPSA) is 17.1 Å². The first kappa shape index (κ1) is 8.03. The Bertz CT molecular complexity index is 252. The summed E-state index contributed by atoms with van der Waals surface area (Å²) in [6.07, 6.45) is 6.84. The van der Waals surface area contributed by atoms with E-state index < -0.39 is 0 Å². The molecular weight excluding hydrogens is 148 g/mol. The van der Waals surface area contributed by atoms with Crippen molar-refractivity contribution in [3.05, 3.63) is 11.6 Å². The fourth-order valence-corrected chi connectivity index (χ4v) is 2.70. The summed E-state index contributed by atoms with van der Waals surface area (Å²) in [5, 5.41) is 0. The van der Waals surface area contributed by atoms with Gasteiger partial charge in [-0.05, 0) is 45.4 Å². The third-order valence-corrected chi connectivity index (χ3v) is 3.80. The van der Waals surface area contributed by atoms with Gasteiger partial charge in [-0.15, -0.1) is 0 Å². The standard InChI is InChI=1S/C11H16O/c1-8-3-5-11(9(2)12)6-4-10(11)7-8/h3,10H,4-7H2,1-2H3. The lowest BCUT2D eigenvalue weighted by atomic mass is 9.53. The molecule has 0 spiro atoms. The minimum Gasteiger partial charge on any atom is -0.299 e. The Morgan fingerprint density at radius 2 is 2.42 bits per heavy atom. The highest BCUT2D eigenvalue weighted by atomic mass is 16.1. The van der Waals surface area contributed by atoms with Gasteiger partial charge in [-0.2, -0.15) is 0 Å². The smallest absolute Gasteiger partial charge is 0.136 e. The molecule has 2 aliphatic rings. The monoisotopic (exact) mass is 164 g/mol. The van der Waals surface area contributed by atoms with Gasteiger partial charge in [0, 0.05) is 5.41 Å². The molecule has 0 aromatic carbocycles. The molecule has 2 atom stereocenters. The zero-order valence-corrected chi connectivity index (χ0v) is 7.89. The Morgan fingerprint density at radius 3 is 2.83 bits per heavy atom. The van der Waals surface area contributed by atoms with Crippen LogP contribution in [0.1, 0.15) is 39.5 Å². The maximum absolute atomic E-state index is 11.5. The summed E-state index contributed by atoms with van der Waals surface area (Å²) in [6, 6.07) is 0. The van der Waals surface area contributed by atoms with E-state index >= 15 is 0 Å². The molecule has 66 valence electrons. The Morgan fingerprint density at radius 1 is 1.67 bits per heavy atom. The minimum atomic E-state index is 0.0828. The SMILES string of the molecule is CC(=O)C12CC=C(C)CC1CC2. The highest BCUT2D eigenvalue weighted by molar-refractivity contribution is 5.84. The van der Waals surface area contributed by atoms with E-state index in [-0.39, 0.29) is 5.41 Å². The molecular formula is C11H16O. The second-order valence-corrected chi connectivity index (χ2v) is 4.41. The molecule has 0 heterocycles. The summed E-state index contributed by atoms with van der Waals surface area (Å²) in [4.78, 5) is 11.5. The highest BCUT2D eigenvalue weighted by Gasteiger charge is 2.50. The van der Waals surface area contributed by atoms with Crippen LogP contribution in [0.5, 0.6) is 0 Å². The third kappa shape index (κ3) is 0.886.